The molecule has 5 heteroatoms. The molecule has 0 aliphatic carbocycles. The summed E-state index contributed by atoms with van der Waals surface area (Å²) in [4.78, 5) is 0. The maximum atomic E-state index is 9.02. The molecule has 0 saturated carbocycles. The first kappa shape index (κ1) is 13.0. The number of nitrogens with one attached hydrogen (secondary N) is 1. The molecule has 0 atom stereocenters. The summed E-state index contributed by atoms with van der Waals surface area (Å²) in [6.45, 7) is 3.26. The minimum atomic E-state index is -0.296. The lowest BCUT2D eigenvalue weighted by molar-refractivity contribution is 0.170. The monoisotopic (exact) mass is 249 g/mol. The van der Waals surface area contributed by atoms with E-state index in [0.717, 1.165) is 23.1 Å². The number of hydrogen-bond donors (Lipinski definition) is 3. The van der Waals surface area contributed by atoms with Gasteiger partial charge in [-0.1, -0.05) is 18.2 Å². The Morgan fingerprint density at radius 2 is 2.00 bits per heavy atom. The Balaban J connectivity index is 2.22. The zero-order valence-electron chi connectivity index (χ0n) is 10.5. The molecule has 1 aromatic carbocycles. The Labute approximate surface area is 106 Å². The standard InChI is InChI=1S/C13H19N3O2/c1-2-16-13-6-4-3-5-11(13)12(15-16)7-14-10(8-17)9-18/h3-6,10,14,17-18H,2,7-9H2,1H3. The summed E-state index contributed by atoms with van der Waals surface area (Å²) >= 11 is 0. The zero-order chi connectivity index (χ0) is 13.0. The van der Waals surface area contributed by atoms with Crippen LogP contribution in [0.1, 0.15) is 12.6 Å². The summed E-state index contributed by atoms with van der Waals surface area (Å²) in [5, 5.41) is 26.8. The van der Waals surface area contributed by atoms with Gasteiger partial charge in [0, 0.05) is 18.5 Å². The molecule has 0 fully saturated rings. The van der Waals surface area contributed by atoms with E-state index in [0.29, 0.717) is 6.54 Å². The third-order valence-electron chi connectivity index (χ3n) is 3.03. The van der Waals surface area contributed by atoms with Crippen molar-refractivity contribution in [1.29, 1.82) is 0 Å². The largest absolute Gasteiger partial charge is 0.395 e. The van der Waals surface area contributed by atoms with Crippen LogP contribution in [-0.2, 0) is 13.1 Å². The van der Waals surface area contributed by atoms with Gasteiger partial charge in [0.05, 0.1) is 30.5 Å². The molecule has 3 N–H and O–H groups in total. The second-order valence-electron chi connectivity index (χ2n) is 4.22. The Kier molecular flexibility index (Phi) is 4.30. The molecule has 98 valence electrons. The number of aromatic nitrogens is 2. The molecule has 0 aliphatic heterocycles. The van der Waals surface area contributed by atoms with Crippen LogP contribution >= 0.6 is 0 Å². The minimum Gasteiger partial charge on any atom is -0.395 e. The molecule has 1 heterocycles. The van der Waals surface area contributed by atoms with Gasteiger partial charge in [0.15, 0.2) is 0 Å². The van der Waals surface area contributed by atoms with Gasteiger partial charge in [0.2, 0.25) is 0 Å². The van der Waals surface area contributed by atoms with E-state index in [4.69, 9.17) is 10.2 Å². The van der Waals surface area contributed by atoms with Crippen molar-refractivity contribution < 1.29 is 10.2 Å². The first-order valence-corrected chi connectivity index (χ1v) is 6.19. The van der Waals surface area contributed by atoms with Gasteiger partial charge in [-0.25, -0.2) is 0 Å². The molecule has 0 bridgehead atoms. The molecule has 0 unspecified atom stereocenters. The van der Waals surface area contributed by atoms with Crippen molar-refractivity contribution in [2.24, 2.45) is 0 Å². The van der Waals surface area contributed by atoms with Crippen molar-refractivity contribution in [3.63, 3.8) is 0 Å². The van der Waals surface area contributed by atoms with E-state index in [1.807, 2.05) is 28.9 Å². The number of aliphatic hydroxyl groups is 2. The lowest BCUT2D eigenvalue weighted by Gasteiger charge is -2.11. The zero-order valence-corrected chi connectivity index (χ0v) is 10.5. The van der Waals surface area contributed by atoms with Crippen LogP contribution in [0.15, 0.2) is 24.3 Å². The van der Waals surface area contributed by atoms with Crippen molar-refractivity contribution >= 4 is 10.9 Å². The number of rotatable bonds is 6. The van der Waals surface area contributed by atoms with Crippen LogP contribution in [0, 0.1) is 0 Å². The van der Waals surface area contributed by atoms with Gasteiger partial charge in [0.25, 0.3) is 0 Å². The van der Waals surface area contributed by atoms with E-state index >= 15 is 0 Å². The number of benzene rings is 1. The number of nitrogens with zero attached hydrogens (tertiary/aromatic N) is 2. The average Bonchev–Trinajstić information content (AvgIpc) is 2.78. The van der Waals surface area contributed by atoms with Gasteiger partial charge in [-0.3, -0.25) is 4.68 Å². The molecule has 2 aromatic rings. The Bertz CT molecular complexity index is 506. The highest BCUT2D eigenvalue weighted by Crippen LogP contribution is 2.18. The highest BCUT2D eigenvalue weighted by Gasteiger charge is 2.11. The van der Waals surface area contributed by atoms with Crippen molar-refractivity contribution in [3.8, 4) is 0 Å². The Hall–Kier alpha value is -1.43. The van der Waals surface area contributed by atoms with Gasteiger partial charge < -0.3 is 15.5 Å². The predicted octanol–water partition coefficient (Wildman–Crippen LogP) is 0.499. The number of hydrogen-bond acceptors (Lipinski definition) is 4. The highest BCUT2D eigenvalue weighted by molar-refractivity contribution is 5.81. The van der Waals surface area contributed by atoms with E-state index in [1.165, 1.54) is 0 Å². The summed E-state index contributed by atoms with van der Waals surface area (Å²) in [5.41, 5.74) is 2.06. The van der Waals surface area contributed by atoms with Crippen molar-refractivity contribution in [2.45, 2.75) is 26.1 Å². The molecule has 0 amide bonds. The van der Waals surface area contributed by atoms with Crippen LogP contribution in [0.2, 0.25) is 0 Å². The predicted molar refractivity (Wildman–Crippen MR) is 70.2 cm³/mol. The quantitative estimate of drug-likeness (QED) is 0.697. The fourth-order valence-corrected chi connectivity index (χ4v) is 2.00. The van der Waals surface area contributed by atoms with Crippen LogP contribution in [0.3, 0.4) is 0 Å². The fraction of sp³-hybridized carbons (Fsp3) is 0.462. The van der Waals surface area contributed by atoms with Crippen molar-refractivity contribution in [3.05, 3.63) is 30.0 Å². The van der Waals surface area contributed by atoms with Gasteiger partial charge >= 0.3 is 0 Å². The molecule has 0 saturated heterocycles. The van der Waals surface area contributed by atoms with Crippen molar-refractivity contribution in [2.75, 3.05) is 13.2 Å². The van der Waals surface area contributed by atoms with Crippen molar-refractivity contribution in [1.82, 2.24) is 15.1 Å². The molecule has 2 rings (SSSR count). The van der Waals surface area contributed by atoms with Gasteiger partial charge in [-0.05, 0) is 13.0 Å². The molecular formula is C13H19N3O2. The van der Waals surface area contributed by atoms with Crippen LogP contribution < -0.4 is 5.32 Å². The summed E-state index contributed by atoms with van der Waals surface area (Å²) in [6, 6.07) is 7.78. The van der Waals surface area contributed by atoms with Crippen LogP contribution in [0.4, 0.5) is 0 Å². The summed E-state index contributed by atoms with van der Waals surface area (Å²) < 4.78 is 1.96. The number of aliphatic hydroxyl groups excluding tert-OH is 2. The number of para-hydroxylation sites is 1. The lowest BCUT2D eigenvalue weighted by Crippen LogP contribution is -2.35. The molecule has 18 heavy (non-hydrogen) atoms. The van der Waals surface area contributed by atoms with E-state index in [1.54, 1.807) is 0 Å². The minimum absolute atomic E-state index is 0.0804. The first-order chi connectivity index (χ1) is 8.80. The molecule has 0 radical (unpaired) electrons. The smallest absolute Gasteiger partial charge is 0.0841 e. The number of fused-ring (bicyclic) bond motifs is 1. The van der Waals surface area contributed by atoms with E-state index < -0.39 is 0 Å². The first-order valence-electron chi connectivity index (χ1n) is 6.19. The third kappa shape index (κ3) is 2.53. The van der Waals surface area contributed by atoms with Gasteiger partial charge in [-0.15, -0.1) is 0 Å². The Morgan fingerprint density at radius 3 is 2.67 bits per heavy atom. The topological polar surface area (TPSA) is 70.3 Å². The SMILES string of the molecule is CCn1nc(CNC(CO)CO)c2ccccc21. The maximum Gasteiger partial charge on any atom is 0.0841 e. The fourth-order valence-electron chi connectivity index (χ4n) is 2.00. The average molecular weight is 249 g/mol. The molecule has 1 aromatic heterocycles. The molecule has 0 spiro atoms. The van der Waals surface area contributed by atoms with E-state index in [-0.39, 0.29) is 19.3 Å². The second-order valence-corrected chi connectivity index (χ2v) is 4.22. The second kappa shape index (κ2) is 5.95. The van der Waals surface area contributed by atoms with Gasteiger partial charge in [0.1, 0.15) is 0 Å². The Morgan fingerprint density at radius 1 is 1.28 bits per heavy atom. The summed E-state index contributed by atoms with van der Waals surface area (Å²) in [5.74, 6) is 0. The van der Waals surface area contributed by atoms with E-state index in [9.17, 15) is 0 Å². The third-order valence-corrected chi connectivity index (χ3v) is 3.03. The maximum absolute atomic E-state index is 9.02. The van der Waals surface area contributed by atoms with Gasteiger partial charge in [-0.2, -0.15) is 5.10 Å². The van der Waals surface area contributed by atoms with Crippen LogP contribution in [-0.4, -0.2) is 39.2 Å². The summed E-state index contributed by atoms with van der Waals surface area (Å²) in [7, 11) is 0. The molecule has 5 nitrogen and oxygen atoms in total. The van der Waals surface area contributed by atoms with Crippen LogP contribution in [0.25, 0.3) is 10.9 Å². The number of aryl methyl sites for hydroxylation is 1. The summed E-state index contributed by atoms with van der Waals surface area (Å²) in [6.07, 6.45) is 0. The van der Waals surface area contributed by atoms with E-state index in [2.05, 4.69) is 17.3 Å². The lowest BCUT2D eigenvalue weighted by atomic mass is 10.2. The highest BCUT2D eigenvalue weighted by atomic mass is 16.3. The van der Waals surface area contributed by atoms with Crippen LogP contribution in [0.5, 0.6) is 0 Å². The molecular weight excluding hydrogens is 230 g/mol. The molecule has 0 aliphatic rings. The normalized spacial score (nSPS) is 11.6.